The molecule has 1 aliphatic heterocycles. The van der Waals surface area contributed by atoms with Crippen LogP contribution in [-0.2, 0) is 9.47 Å². The van der Waals surface area contributed by atoms with Gasteiger partial charge in [-0.2, -0.15) is 13.2 Å². The SMILES string of the molecule is CC(C)C1CC[C@@H](C)CC1OC(=O)N1C(=O)O[C@@H](C(F)(F)F)[C@@H]1C(C)C. The molecule has 150 valence electrons. The van der Waals surface area contributed by atoms with Crippen LogP contribution < -0.4 is 0 Å². The molecule has 1 heterocycles. The summed E-state index contributed by atoms with van der Waals surface area (Å²) in [6, 6.07) is -1.42. The zero-order valence-corrected chi connectivity index (χ0v) is 15.9. The predicted octanol–water partition coefficient (Wildman–Crippen LogP) is 4.99. The van der Waals surface area contributed by atoms with E-state index in [1.807, 2.05) is 13.8 Å². The fourth-order valence-electron chi connectivity index (χ4n) is 4.03. The standard InChI is InChI=1S/C18H28F3NO4/c1-9(2)12-7-6-11(5)8-13(12)25-16(23)22-14(10(3)4)15(18(19,20)21)26-17(22)24/h9-15H,6-8H2,1-5H3/t11-,12?,13?,14+,15-/m1/s1. The summed E-state index contributed by atoms with van der Waals surface area (Å²) in [5.41, 5.74) is 0. The maximum Gasteiger partial charge on any atom is 0.427 e. The zero-order chi connectivity index (χ0) is 19.8. The molecule has 1 aliphatic carbocycles. The number of alkyl halides is 3. The second-order valence-corrected chi connectivity index (χ2v) is 8.20. The normalized spacial score (nSPS) is 32.9. The van der Waals surface area contributed by atoms with Gasteiger partial charge in [0, 0.05) is 0 Å². The number of ether oxygens (including phenoxy) is 2. The van der Waals surface area contributed by atoms with Crippen molar-refractivity contribution in [3.8, 4) is 0 Å². The van der Waals surface area contributed by atoms with E-state index in [2.05, 4.69) is 11.7 Å². The molecule has 2 fully saturated rings. The smallest absolute Gasteiger partial charge is 0.427 e. The van der Waals surface area contributed by atoms with E-state index < -0.39 is 42.5 Å². The Balaban J connectivity index is 2.19. The van der Waals surface area contributed by atoms with E-state index >= 15 is 0 Å². The van der Waals surface area contributed by atoms with E-state index in [1.54, 1.807) is 0 Å². The highest BCUT2D eigenvalue weighted by Gasteiger charge is 2.59. The highest BCUT2D eigenvalue weighted by Crippen LogP contribution is 2.39. The molecule has 5 atom stereocenters. The lowest BCUT2D eigenvalue weighted by Gasteiger charge is -2.37. The van der Waals surface area contributed by atoms with Crippen molar-refractivity contribution in [1.82, 2.24) is 4.90 Å². The van der Waals surface area contributed by atoms with Crippen LogP contribution in [0, 0.1) is 23.7 Å². The lowest BCUT2D eigenvalue weighted by atomic mass is 9.75. The topological polar surface area (TPSA) is 55.8 Å². The maximum absolute atomic E-state index is 13.2. The van der Waals surface area contributed by atoms with E-state index in [0.717, 1.165) is 12.8 Å². The summed E-state index contributed by atoms with van der Waals surface area (Å²) in [5.74, 6) is 0.142. The number of halogens is 3. The Bertz CT molecular complexity index is 535. The third kappa shape index (κ3) is 4.26. The number of imide groups is 1. The first-order chi connectivity index (χ1) is 11.9. The van der Waals surface area contributed by atoms with Crippen molar-refractivity contribution in [2.75, 3.05) is 0 Å². The molecule has 2 aliphatic rings. The lowest BCUT2D eigenvalue weighted by molar-refractivity contribution is -0.203. The first-order valence-corrected chi connectivity index (χ1v) is 9.20. The molecular formula is C18H28F3NO4. The molecule has 5 nitrogen and oxygen atoms in total. The quantitative estimate of drug-likeness (QED) is 0.693. The molecule has 2 unspecified atom stereocenters. The number of nitrogens with zero attached hydrogens (tertiary/aromatic N) is 1. The Morgan fingerprint density at radius 3 is 2.31 bits per heavy atom. The Hall–Kier alpha value is -1.47. The van der Waals surface area contributed by atoms with E-state index in [9.17, 15) is 22.8 Å². The highest BCUT2D eigenvalue weighted by atomic mass is 19.4. The minimum atomic E-state index is -4.74. The monoisotopic (exact) mass is 379 g/mol. The molecule has 1 saturated heterocycles. The van der Waals surface area contributed by atoms with Gasteiger partial charge in [0.05, 0.1) is 6.04 Å². The van der Waals surface area contributed by atoms with Crippen LogP contribution in [0.2, 0.25) is 0 Å². The number of rotatable bonds is 3. The zero-order valence-electron chi connectivity index (χ0n) is 15.9. The van der Waals surface area contributed by atoms with E-state index in [4.69, 9.17) is 4.74 Å². The summed E-state index contributed by atoms with van der Waals surface area (Å²) in [6.07, 6.45) is -7.24. The summed E-state index contributed by atoms with van der Waals surface area (Å²) in [6.45, 7) is 9.15. The molecule has 1 saturated carbocycles. The Labute approximate surface area is 152 Å². The van der Waals surface area contributed by atoms with Crippen molar-refractivity contribution in [2.45, 2.75) is 78.3 Å². The number of cyclic esters (lactones) is 1. The highest BCUT2D eigenvalue weighted by molar-refractivity contribution is 5.90. The second kappa shape index (κ2) is 7.64. The first-order valence-electron chi connectivity index (χ1n) is 9.20. The van der Waals surface area contributed by atoms with Gasteiger partial charge in [0.15, 0.2) is 0 Å². The number of hydrogen-bond donors (Lipinski definition) is 0. The summed E-state index contributed by atoms with van der Waals surface area (Å²) < 4.78 is 49.6. The van der Waals surface area contributed by atoms with Crippen molar-refractivity contribution in [3.63, 3.8) is 0 Å². The summed E-state index contributed by atoms with van der Waals surface area (Å²) >= 11 is 0. The average Bonchev–Trinajstić information content (AvgIpc) is 2.84. The minimum Gasteiger partial charge on any atom is -0.445 e. The lowest BCUT2D eigenvalue weighted by Crippen LogP contribution is -2.50. The largest absolute Gasteiger partial charge is 0.445 e. The van der Waals surface area contributed by atoms with Crippen molar-refractivity contribution in [2.24, 2.45) is 23.7 Å². The fraction of sp³-hybridized carbons (Fsp3) is 0.889. The van der Waals surface area contributed by atoms with Crippen LogP contribution in [0.4, 0.5) is 22.8 Å². The average molecular weight is 379 g/mol. The van der Waals surface area contributed by atoms with Crippen LogP contribution in [0.25, 0.3) is 0 Å². The van der Waals surface area contributed by atoms with Crippen LogP contribution in [0.1, 0.15) is 53.9 Å². The van der Waals surface area contributed by atoms with Gasteiger partial charge < -0.3 is 9.47 Å². The van der Waals surface area contributed by atoms with Gasteiger partial charge in [-0.3, -0.25) is 0 Å². The molecule has 0 spiro atoms. The molecular weight excluding hydrogens is 351 g/mol. The first kappa shape index (κ1) is 20.8. The Kier molecular flexibility index (Phi) is 6.13. The molecule has 0 radical (unpaired) electrons. The molecule has 0 aromatic rings. The Morgan fingerprint density at radius 1 is 1.19 bits per heavy atom. The third-order valence-corrected chi connectivity index (χ3v) is 5.45. The van der Waals surface area contributed by atoms with E-state index in [-0.39, 0.29) is 11.8 Å². The summed E-state index contributed by atoms with van der Waals surface area (Å²) in [5, 5.41) is 0. The number of amides is 2. The van der Waals surface area contributed by atoms with Gasteiger partial charge in [-0.25, -0.2) is 14.5 Å². The Morgan fingerprint density at radius 2 is 1.81 bits per heavy atom. The number of carbonyl (C=O) groups is 2. The van der Waals surface area contributed by atoms with Gasteiger partial charge in [0.25, 0.3) is 0 Å². The van der Waals surface area contributed by atoms with Crippen molar-refractivity contribution < 1.29 is 32.2 Å². The van der Waals surface area contributed by atoms with Crippen LogP contribution in [0.5, 0.6) is 0 Å². The third-order valence-electron chi connectivity index (χ3n) is 5.45. The molecule has 2 rings (SSSR count). The van der Waals surface area contributed by atoms with Crippen molar-refractivity contribution in [3.05, 3.63) is 0 Å². The van der Waals surface area contributed by atoms with Gasteiger partial charge in [-0.15, -0.1) is 0 Å². The summed E-state index contributed by atoms with van der Waals surface area (Å²) in [7, 11) is 0. The minimum absolute atomic E-state index is 0.129. The number of hydrogen-bond acceptors (Lipinski definition) is 4. The molecule has 26 heavy (non-hydrogen) atoms. The van der Waals surface area contributed by atoms with Crippen LogP contribution in [0.3, 0.4) is 0 Å². The summed E-state index contributed by atoms with van der Waals surface area (Å²) in [4.78, 5) is 25.1. The molecule has 0 aromatic carbocycles. The van der Waals surface area contributed by atoms with Gasteiger partial charge >= 0.3 is 18.4 Å². The van der Waals surface area contributed by atoms with Gasteiger partial charge in [-0.1, -0.05) is 41.0 Å². The van der Waals surface area contributed by atoms with Gasteiger partial charge in [0.1, 0.15) is 6.10 Å². The predicted molar refractivity (Wildman–Crippen MR) is 88.4 cm³/mol. The fourth-order valence-corrected chi connectivity index (χ4v) is 4.03. The maximum atomic E-state index is 13.2. The molecule has 0 aromatic heterocycles. The van der Waals surface area contributed by atoms with Gasteiger partial charge in [0.2, 0.25) is 6.10 Å². The van der Waals surface area contributed by atoms with Crippen LogP contribution in [0.15, 0.2) is 0 Å². The van der Waals surface area contributed by atoms with E-state index in [1.165, 1.54) is 13.8 Å². The van der Waals surface area contributed by atoms with E-state index in [0.29, 0.717) is 17.2 Å². The molecule has 0 bridgehead atoms. The second-order valence-electron chi connectivity index (χ2n) is 8.20. The van der Waals surface area contributed by atoms with Crippen LogP contribution >= 0.6 is 0 Å². The molecule has 8 heteroatoms. The molecule has 0 N–H and O–H groups in total. The number of carbonyl (C=O) groups excluding carboxylic acids is 2. The molecule has 2 amide bonds. The van der Waals surface area contributed by atoms with Gasteiger partial charge in [-0.05, 0) is 36.5 Å². The van der Waals surface area contributed by atoms with Crippen LogP contribution in [-0.4, -0.2) is 41.5 Å². The van der Waals surface area contributed by atoms with Crippen molar-refractivity contribution >= 4 is 12.2 Å². The van der Waals surface area contributed by atoms with Crippen molar-refractivity contribution in [1.29, 1.82) is 0 Å².